The lowest BCUT2D eigenvalue weighted by molar-refractivity contribution is -0.149. The largest absolute Gasteiger partial charge is 0.480 e. The van der Waals surface area contributed by atoms with E-state index in [0.29, 0.717) is 6.04 Å². The number of rotatable bonds is 4. The summed E-state index contributed by atoms with van der Waals surface area (Å²) in [4.78, 5) is 13.3. The molecule has 0 bridgehead atoms. The molecule has 7 heteroatoms. The monoisotopic (exact) mass is 266 g/mol. The average molecular weight is 266 g/mol. The van der Waals surface area contributed by atoms with Gasteiger partial charge in [-0.2, -0.15) is 13.2 Å². The van der Waals surface area contributed by atoms with Gasteiger partial charge in [-0.25, -0.2) is 0 Å². The van der Waals surface area contributed by atoms with E-state index in [9.17, 15) is 23.1 Å². The second kappa shape index (κ2) is 4.38. The molecule has 2 fully saturated rings. The maximum atomic E-state index is 12.2. The summed E-state index contributed by atoms with van der Waals surface area (Å²) in [7, 11) is 0. The fraction of sp³-hybridized carbons (Fsp3) is 0.909. The highest BCUT2D eigenvalue weighted by atomic mass is 19.4. The molecule has 1 aliphatic heterocycles. The molecular weight excluding hydrogens is 249 g/mol. The molecule has 0 aromatic carbocycles. The zero-order chi connectivity index (χ0) is 13.6. The maximum absolute atomic E-state index is 12.2. The first-order chi connectivity index (χ1) is 8.23. The van der Waals surface area contributed by atoms with Crippen LogP contribution in [0.2, 0.25) is 0 Å². The van der Waals surface area contributed by atoms with Crippen molar-refractivity contribution in [2.45, 2.75) is 50.0 Å². The molecule has 0 amide bonds. The molecule has 2 N–H and O–H groups in total. The van der Waals surface area contributed by atoms with Gasteiger partial charge in [-0.15, -0.1) is 0 Å². The van der Waals surface area contributed by atoms with E-state index in [2.05, 4.69) is 5.32 Å². The van der Waals surface area contributed by atoms with Crippen LogP contribution in [0.3, 0.4) is 0 Å². The minimum atomic E-state index is -4.39. The van der Waals surface area contributed by atoms with Crippen LogP contribution in [-0.2, 0) is 4.79 Å². The Kier molecular flexibility index (Phi) is 3.31. The van der Waals surface area contributed by atoms with E-state index in [0.717, 1.165) is 12.8 Å². The lowest BCUT2D eigenvalue weighted by Gasteiger charge is -2.27. The van der Waals surface area contributed by atoms with Crippen LogP contribution in [0, 0.1) is 0 Å². The molecule has 104 valence electrons. The van der Waals surface area contributed by atoms with Crippen molar-refractivity contribution >= 4 is 5.97 Å². The SMILES string of the molecule is CC1CC(NCC(F)(F)F)(C(=O)O)CN1C1CC1. The molecule has 4 nitrogen and oxygen atoms in total. The van der Waals surface area contributed by atoms with Crippen molar-refractivity contribution in [1.29, 1.82) is 0 Å². The predicted octanol–water partition coefficient (Wildman–Crippen LogP) is 1.22. The van der Waals surface area contributed by atoms with Gasteiger partial charge in [0.05, 0.1) is 6.54 Å². The van der Waals surface area contributed by atoms with Gasteiger partial charge in [0.15, 0.2) is 0 Å². The van der Waals surface area contributed by atoms with E-state index >= 15 is 0 Å². The molecule has 0 spiro atoms. The first kappa shape index (κ1) is 13.6. The fourth-order valence-corrected chi connectivity index (χ4v) is 2.68. The van der Waals surface area contributed by atoms with E-state index in [-0.39, 0.29) is 19.0 Å². The van der Waals surface area contributed by atoms with Gasteiger partial charge in [-0.3, -0.25) is 15.0 Å². The lowest BCUT2D eigenvalue weighted by Crippen LogP contribution is -2.56. The molecule has 18 heavy (non-hydrogen) atoms. The Balaban J connectivity index is 2.06. The Hall–Kier alpha value is -0.820. The van der Waals surface area contributed by atoms with Crippen LogP contribution in [0.25, 0.3) is 0 Å². The van der Waals surface area contributed by atoms with Gasteiger partial charge in [0.25, 0.3) is 0 Å². The molecule has 1 saturated heterocycles. The topological polar surface area (TPSA) is 52.6 Å². The number of aliphatic carboxylic acids is 1. The average Bonchev–Trinajstić information content (AvgIpc) is 3.00. The standard InChI is InChI=1S/C11H17F3N2O2/c1-7-4-10(9(17)18,15-5-11(12,13)14)6-16(7)8-2-3-8/h7-8,15H,2-6H2,1H3,(H,17,18). The quantitative estimate of drug-likeness (QED) is 0.803. The Bertz CT molecular complexity index is 344. The number of nitrogens with one attached hydrogen (secondary N) is 1. The third kappa shape index (κ3) is 2.77. The summed E-state index contributed by atoms with van der Waals surface area (Å²) in [6, 6.07) is 0.364. The van der Waals surface area contributed by atoms with Crippen molar-refractivity contribution in [2.75, 3.05) is 13.1 Å². The number of nitrogens with zero attached hydrogens (tertiary/aromatic N) is 1. The number of carbonyl (C=O) groups is 1. The van der Waals surface area contributed by atoms with Gasteiger partial charge in [0.1, 0.15) is 5.54 Å². The van der Waals surface area contributed by atoms with Crippen LogP contribution >= 0.6 is 0 Å². The van der Waals surface area contributed by atoms with Crippen molar-refractivity contribution in [1.82, 2.24) is 10.2 Å². The molecule has 0 radical (unpaired) electrons. The molecule has 2 aliphatic rings. The van der Waals surface area contributed by atoms with E-state index in [4.69, 9.17) is 0 Å². The molecule has 0 aromatic rings. The number of hydrogen-bond donors (Lipinski definition) is 2. The molecule has 0 aromatic heterocycles. The summed E-state index contributed by atoms with van der Waals surface area (Å²) in [6.07, 6.45) is -2.15. The number of likely N-dealkylation sites (tertiary alicyclic amines) is 1. The van der Waals surface area contributed by atoms with E-state index in [1.54, 1.807) is 0 Å². The first-order valence-corrected chi connectivity index (χ1v) is 6.04. The van der Waals surface area contributed by atoms with Gasteiger partial charge < -0.3 is 5.11 Å². The van der Waals surface area contributed by atoms with Crippen LogP contribution in [0.4, 0.5) is 13.2 Å². The Morgan fingerprint density at radius 3 is 2.56 bits per heavy atom. The van der Waals surface area contributed by atoms with Crippen LogP contribution in [0.1, 0.15) is 26.2 Å². The van der Waals surface area contributed by atoms with Gasteiger partial charge >= 0.3 is 12.1 Å². The first-order valence-electron chi connectivity index (χ1n) is 6.04. The Morgan fingerprint density at radius 1 is 1.50 bits per heavy atom. The maximum Gasteiger partial charge on any atom is 0.401 e. The number of carboxylic acids is 1. The molecule has 1 saturated carbocycles. The highest BCUT2D eigenvalue weighted by Gasteiger charge is 2.52. The molecule has 2 rings (SSSR count). The minimum absolute atomic E-state index is 0.00864. The summed E-state index contributed by atoms with van der Waals surface area (Å²) in [6.45, 7) is 0.771. The predicted molar refractivity (Wildman–Crippen MR) is 58.2 cm³/mol. The van der Waals surface area contributed by atoms with Crippen LogP contribution in [-0.4, -0.2) is 52.9 Å². The van der Waals surface area contributed by atoms with Gasteiger partial charge in [0.2, 0.25) is 0 Å². The van der Waals surface area contributed by atoms with E-state index < -0.39 is 24.2 Å². The van der Waals surface area contributed by atoms with Gasteiger partial charge in [-0.1, -0.05) is 0 Å². The van der Waals surface area contributed by atoms with Crippen molar-refractivity contribution in [2.24, 2.45) is 0 Å². The third-order valence-corrected chi connectivity index (χ3v) is 3.72. The molecule has 1 heterocycles. The second-order valence-corrected chi connectivity index (χ2v) is 5.31. The van der Waals surface area contributed by atoms with Crippen LogP contribution in [0.15, 0.2) is 0 Å². The van der Waals surface area contributed by atoms with E-state index in [1.165, 1.54) is 0 Å². The highest BCUT2D eigenvalue weighted by molar-refractivity contribution is 5.80. The van der Waals surface area contributed by atoms with Crippen LogP contribution in [0.5, 0.6) is 0 Å². The smallest absolute Gasteiger partial charge is 0.401 e. The van der Waals surface area contributed by atoms with Crippen molar-refractivity contribution in [3.8, 4) is 0 Å². The lowest BCUT2D eigenvalue weighted by atomic mass is 9.96. The van der Waals surface area contributed by atoms with Crippen LogP contribution < -0.4 is 5.32 Å². The number of halogens is 3. The molecule has 2 atom stereocenters. The fourth-order valence-electron chi connectivity index (χ4n) is 2.68. The summed E-state index contributed by atoms with van der Waals surface area (Å²) in [5.41, 5.74) is -1.46. The van der Waals surface area contributed by atoms with E-state index in [1.807, 2.05) is 11.8 Å². The molecular formula is C11H17F3N2O2. The second-order valence-electron chi connectivity index (χ2n) is 5.31. The number of hydrogen-bond acceptors (Lipinski definition) is 3. The summed E-state index contributed by atoms with van der Waals surface area (Å²) < 4.78 is 36.7. The Labute approximate surface area is 103 Å². The summed E-state index contributed by atoms with van der Waals surface area (Å²) in [5, 5.41) is 11.5. The van der Waals surface area contributed by atoms with Gasteiger partial charge in [0, 0.05) is 18.6 Å². The highest BCUT2D eigenvalue weighted by Crippen LogP contribution is 2.37. The molecule has 1 aliphatic carbocycles. The summed E-state index contributed by atoms with van der Waals surface area (Å²) >= 11 is 0. The summed E-state index contributed by atoms with van der Waals surface area (Å²) in [5.74, 6) is -1.19. The van der Waals surface area contributed by atoms with Crippen molar-refractivity contribution < 1.29 is 23.1 Å². The number of carboxylic acid groups (broad SMARTS) is 1. The van der Waals surface area contributed by atoms with Crippen molar-refractivity contribution in [3.63, 3.8) is 0 Å². The zero-order valence-corrected chi connectivity index (χ0v) is 10.1. The normalized spacial score (nSPS) is 33.9. The molecule has 2 unspecified atom stereocenters. The Morgan fingerprint density at radius 2 is 2.11 bits per heavy atom. The third-order valence-electron chi connectivity index (χ3n) is 3.72. The van der Waals surface area contributed by atoms with Crippen molar-refractivity contribution in [3.05, 3.63) is 0 Å². The zero-order valence-electron chi connectivity index (χ0n) is 10.1. The van der Waals surface area contributed by atoms with Gasteiger partial charge in [-0.05, 0) is 26.2 Å². The minimum Gasteiger partial charge on any atom is -0.480 e. The number of alkyl halides is 3.